The molecule has 0 spiro atoms. The maximum atomic E-state index is 11.9. The fourth-order valence-electron chi connectivity index (χ4n) is 1.59. The molecular weight excluding hydrogens is 368 g/mol. The molecule has 0 aliphatic heterocycles. The van der Waals surface area contributed by atoms with Crippen molar-refractivity contribution in [2.45, 2.75) is 13.0 Å². The first-order valence-corrected chi connectivity index (χ1v) is 7.73. The van der Waals surface area contributed by atoms with Gasteiger partial charge in [0, 0.05) is 5.02 Å². The van der Waals surface area contributed by atoms with E-state index in [1.807, 2.05) is 18.2 Å². The molecule has 1 amide bonds. The van der Waals surface area contributed by atoms with Crippen molar-refractivity contribution >= 4 is 39.7 Å². The normalized spacial score (nSPS) is 12.1. The first-order valence-electron chi connectivity index (χ1n) is 6.56. The Morgan fingerprint density at radius 1 is 1.27 bits per heavy atom. The van der Waals surface area contributed by atoms with Gasteiger partial charge in [-0.2, -0.15) is 5.10 Å². The third-order valence-corrected chi connectivity index (χ3v) is 3.68. The highest BCUT2D eigenvalue weighted by Gasteiger charge is 2.14. The summed E-state index contributed by atoms with van der Waals surface area (Å²) < 4.78 is 6.37. The van der Waals surface area contributed by atoms with Gasteiger partial charge in [0.05, 0.1) is 10.7 Å². The van der Waals surface area contributed by atoms with Gasteiger partial charge in [0.2, 0.25) is 0 Å². The van der Waals surface area contributed by atoms with E-state index in [1.54, 1.807) is 43.5 Å². The molecule has 1 atom stereocenters. The van der Waals surface area contributed by atoms with E-state index < -0.39 is 6.10 Å². The molecule has 6 heteroatoms. The Balaban J connectivity index is 1.89. The van der Waals surface area contributed by atoms with Crippen molar-refractivity contribution in [3.05, 3.63) is 63.6 Å². The highest BCUT2D eigenvalue weighted by atomic mass is 79.9. The molecular formula is C16H14BrClN2O2. The second-order valence-electron chi connectivity index (χ2n) is 4.48. The quantitative estimate of drug-likeness (QED) is 0.628. The summed E-state index contributed by atoms with van der Waals surface area (Å²) in [4.78, 5) is 11.9. The molecule has 0 radical (unpaired) electrons. The number of nitrogens with zero attached hydrogens (tertiary/aromatic N) is 1. The number of benzene rings is 2. The molecule has 0 aliphatic rings. The van der Waals surface area contributed by atoms with E-state index in [4.69, 9.17) is 16.3 Å². The van der Waals surface area contributed by atoms with E-state index in [0.29, 0.717) is 10.8 Å². The summed E-state index contributed by atoms with van der Waals surface area (Å²) in [6, 6.07) is 14.5. The number of carbonyl (C=O) groups excluding carboxylic acids is 1. The Labute approximate surface area is 142 Å². The minimum absolute atomic E-state index is 0.332. The first kappa shape index (κ1) is 16.5. The lowest BCUT2D eigenvalue weighted by molar-refractivity contribution is -0.127. The monoisotopic (exact) mass is 380 g/mol. The molecule has 0 bridgehead atoms. The molecule has 0 aliphatic carbocycles. The van der Waals surface area contributed by atoms with Gasteiger partial charge in [-0.05, 0) is 52.7 Å². The molecule has 0 saturated carbocycles. The highest BCUT2D eigenvalue weighted by Crippen LogP contribution is 2.24. The van der Waals surface area contributed by atoms with Crippen molar-refractivity contribution in [2.75, 3.05) is 0 Å². The van der Waals surface area contributed by atoms with Gasteiger partial charge >= 0.3 is 0 Å². The van der Waals surface area contributed by atoms with Crippen LogP contribution < -0.4 is 10.2 Å². The second-order valence-corrected chi connectivity index (χ2v) is 5.77. The number of ether oxygens (including phenoxy) is 1. The lowest BCUT2D eigenvalue weighted by atomic mass is 10.2. The van der Waals surface area contributed by atoms with Crippen molar-refractivity contribution in [3.8, 4) is 5.75 Å². The Morgan fingerprint density at radius 3 is 2.64 bits per heavy atom. The van der Waals surface area contributed by atoms with Crippen LogP contribution in [0.2, 0.25) is 5.02 Å². The molecule has 2 rings (SSSR count). The second kappa shape index (κ2) is 7.96. The summed E-state index contributed by atoms with van der Waals surface area (Å²) >= 11 is 9.16. The maximum absolute atomic E-state index is 11.9. The van der Waals surface area contributed by atoms with E-state index >= 15 is 0 Å². The summed E-state index contributed by atoms with van der Waals surface area (Å²) in [5.74, 6) is 0.271. The fourth-order valence-corrected chi connectivity index (χ4v) is 2.10. The smallest absolute Gasteiger partial charge is 0.280 e. The highest BCUT2D eigenvalue weighted by molar-refractivity contribution is 9.10. The molecule has 1 unspecified atom stereocenters. The SMILES string of the molecule is CC(Oc1ccccc1Br)C(=O)N/N=C/c1ccc(Cl)cc1. The molecule has 0 heterocycles. The zero-order valence-corrected chi connectivity index (χ0v) is 14.1. The third kappa shape index (κ3) is 4.86. The molecule has 22 heavy (non-hydrogen) atoms. The average molecular weight is 382 g/mol. The number of para-hydroxylation sites is 1. The molecule has 0 fully saturated rings. The Morgan fingerprint density at radius 2 is 1.95 bits per heavy atom. The predicted molar refractivity (Wildman–Crippen MR) is 91.4 cm³/mol. The zero-order chi connectivity index (χ0) is 15.9. The van der Waals surface area contributed by atoms with Crippen LogP contribution >= 0.6 is 27.5 Å². The van der Waals surface area contributed by atoms with Gasteiger partial charge in [-0.15, -0.1) is 0 Å². The topological polar surface area (TPSA) is 50.7 Å². The number of rotatable bonds is 5. The standard InChI is InChI=1S/C16H14BrClN2O2/c1-11(22-15-5-3-2-4-14(15)17)16(21)20-19-10-12-6-8-13(18)9-7-12/h2-11H,1H3,(H,20,21)/b19-10+. The van der Waals surface area contributed by atoms with Gasteiger partial charge in [0.1, 0.15) is 5.75 Å². The number of carbonyl (C=O) groups is 1. The average Bonchev–Trinajstić information content (AvgIpc) is 2.51. The van der Waals surface area contributed by atoms with Crippen LogP contribution in [0.5, 0.6) is 5.75 Å². The van der Waals surface area contributed by atoms with Gasteiger partial charge in [-0.3, -0.25) is 4.79 Å². The number of halogens is 2. The van der Waals surface area contributed by atoms with Crippen molar-refractivity contribution in [2.24, 2.45) is 5.10 Å². The minimum Gasteiger partial charge on any atom is -0.480 e. The summed E-state index contributed by atoms with van der Waals surface area (Å²) in [5.41, 5.74) is 3.28. The van der Waals surface area contributed by atoms with Crippen LogP contribution in [0.15, 0.2) is 58.1 Å². The lowest BCUT2D eigenvalue weighted by Crippen LogP contribution is -2.33. The van der Waals surface area contributed by atoms with Crippen molar-refractivity contribution in [3.63, 3.8) is 0 Å². The summed E-state index contributed by atoms with van der Waals surface area (Å²) in [6.45, 7) is 1.66. The molecule has 114 valence electrons. The van der Waals surface area contributed by atoms with E-state index in [0.717, 1.165) is 10.0 Å². The van der Waals surface area contributed by atoms with Crippen LogP contribution in [0.4, 0.5) is 0 Å². The number of nitrogens with one attached hydrogen (secondary N) is 1. The Hall–Kier alpha value is -1.85. The number of hydrazone groups is 1. The van der Waals surface area contributed by atoms with E-state index in [9.17, 15) is 4.79 Å². The summed E-state index contributed by atoms with van der Waals surface area (Å²) in [7, 11) is 0. The number of hydrogen-bond donors (Lipinski definition) is 1. The lowest BCUT2D eigenvalue weighted by Gasteiger charge is -2.13. The molecule has 0 aromatic heterocycles. The van der Waals surface area contributed by atoms with Crippen molar-refractivity contribution in [1.29, 1.82) is 0 Å². The summed E-state index contributed by atoms with van der Waals surface area (Å²) in [6.07, 6.45) is 0.875. The van der Waals surface area contributed by atoms with Gasteiger partial charge in [0.15, 0.2) is 6.10 Å². The Kier molecular flexibility index (Phi) is 5.98. The first-order chi connectivity index (χ1) is 10.6. The molecule has 0 saturated heterocycles. The minimum atomic E-state index is -0.666. The van der Waals surface area contributed by atoms with Crippen molar-refractivity contribution < 1.29 is 9.53 Å². The number of hydrogen-bond acceptors (Lipinski definition) is 3. The van der Waals surface area contributed by atoms with Gasteiger partial charge in [-0.1, -0.05) is 35.9 Å². The van der Waals surface area contributed by atoms with Gasteiger partial charge in [0.25, 0.3) is 5.91 Å². The van der Waals surface area contributed by atoms with Crippen molar-refractivity contribution in [1.82, 2.24) is 5.43 Å². The predicted octanol–water partition coefficient (Wildman–Crippen LogP) is 4.02. The number of amides is 1. The van der Waals surface area contributed by atoms with Crippen LogP contribution in [-0.2, 0) is 4.79 Å². The van der Waals surface area contributed by atoms with E-state index in [2.05, 4.69) is 26.5 Å². The van der Waals surface area contributed by atoms with E-state index in [-0.39, 0.29) is 5.91 Å². The zero-order valence-electron chi connectivity index (χ0n) is 11.8. The van der Waals surface area contributed by atoms with Gasteiger partial charge in [-0.25, -0.2) is 5.43 Å². The van der Waals surface area contributed by atoms with Gasteiger partial charge < -0.3 is 4.74 Å². The molecule has 2 aromatic carbocycles. The summed E-state index contributed by atoms with van der Waals surface area (Å²) in [5, 5.41) is 4.55. The van der Waals surface area contributed by atoms with Crippen LogP contribution in [0.1, 0.15) is 12.5 Å². The Bertz CT molecular complexity index is 674. The molecule has 4 nitrogen and oxygen atoms in total. The van der Waals surface area contributed by atoms with Crippen LogP contribution in [0.25, 0.3) is 0 Å². The largest absolute Gasteiger partial charge is 0.480 e. The molecule has 2 aromatic rings. The van der Waals surface area contributed by atoms with Crippen LogP contribution in [0.3, 0.4) is 0 Å². The molecule has 1 N–H and O–H groups in total. The van der Waals surface area contributed by atoms with Crippen LogP contribution in [0, 0.1) is 0 Å². The van der Waals surface area contributed by atoms with E-state index in [1.165, 1.54) is 0 Å². The maximum Gasteiger partial charge on any atom is 0.280 e. The third-order valence-electron chi connectivity index (χ3n) is 2.77. The fraction of sp³-hybridized carbons (Fsp3) is 0.125. The van der Waals surface area contributed by atoms with Crippen LogP contribution in [-0.4, -0.2) is 18.2 Å².